The Labute approximate surface area is 201 Å². The van der Waals surface area contributed by atoms with Gasteiger partial charge < -0.3 is 32.5 Å². The summed E-state index contributed by atoms with van der Waals surface area (Å²) < 4.78 is 0. The summed E-state index contributed by atoms with van der Waals surface area (Å²) in [6.07, 6.45) is 4.10. The molecule has 8 N–H and O–H groups in total. The summed E-state index contributed by atoms with van der Waals surface area (Å²) in [4.78, 5) is 60.2. The first-order valence-corrected chi connectivity index (χ1v) is 13.3. The SMILES string of the molecule is CSCCC(N)C(=O)NC(CCSC)C(=O)NC(CCC(N)=O)C(=O)NC(CS)C(=O)O. The van der Waals surface area contributed by atoms with Gasteiger partial charge in [0, 0.05) is 12.2 Å². The Kier molecular flexibility index (Phi) is 16.1. The lowest BCUT2D eigenvalue weighted by Crippen LogP contribution is -2.57. The van der Waals surface area contributed by atoms with Crippen LogP contribution in [0.2, 0.25) is 0 Å². The molecule has 0 rings (SSSR count). The minimum atomic E-state index is -1.29. The van der Waals surface area contributed by atoms with E-state index in [0.29, 0.717) is 17.9 Å². The number of primary amides is 1. The minimum Gasteiger partial charge on any atom is -0.480 e. The second-order valence-electron chi connectivity index (χ2n) is 6.88. The predicted octanol–water partition coefficient (Wildman–Crippen LogP) is -1.45. The van der Waals surface area contributed by atoms with Gasteiger partial charge in [-0.1, -0.05) is 0 Å². The fourth-order valence-electron chi connectivity index (χ4n) is 2.44. The zero-order valence-electron chi connectivity index (χ0n) is 18.2. The summed E-state index contributed by atoms with van der Waals surface area (Å²) in [5, 5.41) is 16.5. The van der Waals surface area contributed by atoms with E-state index in [1.807, 2.05) is 12.5 Å². The summed E-state index contributed by atoms with van der Waals surface area (Å²) in [5.41, 5.74) is 11.0. The van der Waals surface area contributed by atoms with E-state index < -0.39 is 53.8 Å². The Morgan fingerprint density at radius 2 is 1.31 bits per heavy atom. The second kappa shape index (κ2) is 16.9. The quantitative estimate of drug-likeness (QED) is 0.114. The van der Waals surface area contributed by atoms with Crippen LogP contribution in [0, 0.1) is 0 Å². The summed E-state index contributed by atoms with van der Waals surface area (Å²) in [5.74, 6) is -2.85. The molecular formula is C18H33N5O6S3. The Morgan fingerprint density at radius 1 is 0.844 bits per heavy atom. The molecule has 0 saturated heterocycles. The van der Waals surface area contributed by atoms with Gasteiger partial charge in [-0.05, 0) is 43.3 Å². The highest BCUT2D eigenvalue weighted by molar-refractivity contribution is 7.98. The molecule has 0 aromatic heterocycles. The fourth-order valence-corrected chi connectivity index (χ4v) is 3.65. The fraction of sp³-hybridized carbons (Fsp3) is 0.722. The third-order valence-electron chi connectivity index (χ3n) is 4.32. The molecule has 4 amide bonds. The van der Waals surface area contributed by atoms with Crippen molar-refractivity contribution in [3.63, 3.8) is 0 Å². The number of hydrogen-bond donors (Lipinski definition) is 7. The first kappa shape index (κ1) is 30.4. The number of carbonyl (C=O) groups is 5. The van der Waals surface area contributed by atoms with E-state index in [9.17, 15) is 24.0 Å². The number of nitrogens with one attached hydrogen (secondary N) is 3. The van der Waals surface area contributed by atoms with E-state index in [4.69, 9.17) is 16.6 Å². The van der Waals surface area contributed by atoms with Gasteiger partial charge in [0.2, 0.25) is 23.6 Å². The van der Waals surface area contributed by atoms with Gasteiger partial charge in [0.25, 0.3) is 0 Å². The molecule has 0 spiro atoms. The van der Waals surface area contributed by atoms with Crippen molar-refractivity contribution < 1.29 is 29.1 Å². The Balaban J connectivity index is 5.38. The lowest BCUT2D eigenvalue weighted by molar-refractivity contribution is -0.141. The molecule has 0 radical (unpaired) electrons. The van der Waals surface area contributed by atoms with Gasteiger partial charge in [-0.15, -0.1) is 0 Å². The number of thioether (sulfide) groups is 2. The van der Waals surface area contributed by atoms with Crippen molar-refractivity contribution in [2.45, 2.75) is 49.9 Å². The zero-order chi connectivity index (χ0) is 24.7. The van der Waals surface area contributed by atoms with E-state index in [0.717, 1.165) is 0 Å². The van der Waals surface area contributed by atoms with Crippen LogP contribution in [0.1, 0.15) is 25.7 Å². The van der Waals surface area contributed by atoms with Gasteiger partial charge in [0.05, 0.1) is 6.04 Å². The van der Waals surface area contributed by atoms with Crippen molar-refractivity contribution in [2.24, 2.45) is 11.5 Å². The molecule has 0 saturated carbocycles. The van der Waals surface area contributed by atoms with Crippen molar-refractivity contribution >= 4 is 65.8 Å². The standard InChI is InChI=1S/C18H33N5O6S3/c1-31-7-5-10(19)15(25)21-12(6-8-32-2)17(27)22-11(3-4-14(20)24)16(26)23-13(9-30)18(28)29/h10-13,30H,3-9,19H2,1-2H3,(H2,20,24)(H,21,25)(H,22,27)(H,23,26)(H,28,29). The number of carboxylic acids is 1. The summed E-state index contributed by atoms with van der Waals surface area (Å²) in [6, 6.07) is -4.25. The predicted molar refractivity (Wildman–Crippen MR) is 130 cm³/mol. The number of nitrogens with two attached hydrogens (primary N) is 2. The normalized spacial score (nSPS) is 14.5. The van der Waals surface area contributed by atoms with Crippen LogP contribution in [0.3, 0.4) is 0 Å². The lowest BCUT2D eigenvalue weighted by atomic mass is 10.1. The Bertz CT molecular complexity index is 655. The number of carboxylic acid groups (broad SMARTS) is 1. The van der Waals surface area contributed by atoms with E-state index in [1.165, 1.54) is 11.8 Å². The highest BCUT2D eigenvalue weighted by atomic mass is 32.2. The third kappa shape index (κ3) is 12.4. The van der Waals surface area contributed by atoms with Crippen LogP contribution in [-0.2, 0) is 24.0 Å². The van der Waals surface area contributed by atoms with Crippen LogP contribution in [0.15, 0.2) is 0 Å². The molecule has 32 heavy (non-hydrogen) atoms. The number of amides is 4. The topological polar surface area (TPSA) is 194 Å². The minimum absolute atomic E-state index is 0.137. The molecule has 0 aliphatic carbocycles. The number of thiol groups is 1. The van der Waals surface area contributed by atoms with Crippen LogP contribution in [-0.4, -0.2) is 88.6 Å². The van der Waals surface area contributed by atoms with Crippen LogP contribution in [0.25, 0.3) is 0 Å². The van der Waals surface area contributed by atoms with Crippen molar-refractivity contribution in [3.8, 4) is 0 Å². The molecule has 0 aromatic rings. The Hall–Kier alpha value is -1.64. The van der Waals surface area contributed by atoms with Gasteiger partial charge in [0.1, 0.15) is 18.1 Å². The van der Waals surface area contributed by atoms with E-state index in [-0.39, 0.29) is 25.0 Å². The molecule has 0 bridgehead atoms. The van der Waals surface area contributed by atoms with E-state index in [1.54, 1.807) is 11.8 Å². The summed E-state index contributed by atoms with van der Waals surface area (Å²) in [6.45, 7) is 0. The highest BCUT2D eigenvalue weighted by Gasteiger charge is 2.30. The first-order valence-electron chi connectivity index (χ1n) is 9.83. The maximum absolute atomic E-state index is 12.9. The van der Waals surface area contributed by atoms with Crippen molar-refractivity contribution in [1.29, 1.82) is 0 Å². The average Bonchev–Trinajstić information content (AvgIpc) is 2.74. The molecule has 184 valence electrons. The third-order valence-corrected chi connectivity index (χ3v) is 5.98. The molecule has 0 aromatic carbocycles. The van der Waals surface area contributed by atoms with Crippen LogP contribution >= 0.6 is 36.2 Å². The van der Waals surface area contributed by atoms with Crippen molar-refractivity contribution in [3.05, 3.63) is 0 Å². The van der Waals surface area contributed by atoms with E-state index in [2.05, 4.69) is 28.6 Å². The molecule has 4 unspecified atom stereocenters. The molecule has 14 heteroatoms. The lowest BCUT2D eigenvalue weighted by Gasteiger charge is -2.25. The molecular weight excluding hydrogens is 478 g/mol. The Morgan fingerprint density at radius 3 is 1.78 bits per heavy atom. The molecule has 4 atom stereocenters. The van der Waals surface area contributed by atoms with Crippen LogP contribution < -0.4 is 27.4 Å². The largest absolute Gasteiger partial charge is 0.480 e. The number of aliphatic carboxylic acids is 1. The molecule has 11 nitrogen and oxygen atoms in total. The monoisotopic (exact) mass is 511 g/mol. The van der Waals surface area contributed by atoms with Gasteiger partial charge in [-0.2, -0.15) is 36.2 Å². The van der Waals surface area contributed by atoms with Crippen LogP contribution in [0.5, 0.6) is 0 Å². The van der Waals surface area contributed by atoms with Gasteiger partial charge in [-0.25, -0.2) is 4.79 Å². The second-order valence-corrected chi connectivity index (χ2v) is 9.22. The van der Waals surface area contributed by atoms with Crippen LogP contribution in [0.4, 0.5) is 0 Å². The molecule has 0 heterocycles. The molecule has 0 aliphatic rings. The van der Waals surface area contributed by atoms with Crippen molar-refractivity contribution in [1.82, 2.24) is 16.0 Å². The highest BCUT2D eigenvalue weighted by Crippen LogP contribution is 2.06. The maximum atomic E-state index is 12.9. The number of carbonyl (C=O) groups excluding carboxylic acids is 4. The molecule has 0 fully saturated rings. The average molecular weight is 512 g/mol. The van der Waals surface area contributed by atoms with Crippen molar-refractivity contribution in [2.75, 3.05) is 29.8 Å². The van der Waals surface area contributed by atoms with Gasteiger partial charge in [-0.3, -0.25) is 19.2 Å². The van der Waals surface area contributed by atoms with Gasteiger partial charge in [0.15, 0.2) is 0 Å². The number of rotatable bonds is 17. The summed E-state index contributed by atoms with van der Waals surface area (Å²) >= 11 is 6.90. The van der Waals surface area contributed by atoms with Gasteiger partial charge >= 0.3 is 5.97 Å². The zero-order valence-corrected chi connectivity index (χ0v) is 20.7. The summed E-state index contributed by atoms with van der Waals surface area (Å²) in [7, 11) is 0. The van der Waals surface area contributed by atoms with E-state index >= 15 is 0 Å². The number of hydrogen-bond acceptors (Lipinski definition) is 9. The maximum Gasteiger partial charge on any atom is 0.327 e. The first-order chi connectivity index (χ1) is 15.1. The molecule has 0 aliphatic heterocycles. The smallest absolute Gasteiger partial charge is 0.327 e.